The van der Waals surface area contributed by atoms with Crippen LogP contribution in [-0.2, 0) is 32.8 Å². The molecule has 2 heterocycles. The highest BCUT2D eigenvalue weighted by molar-refractivity contribution is 5.80. The lowest BCUT2D eigenvalue weighted by atomic mass is 9.89. The van der Waals surface area contributed by atoms with Crippen LogP contribution in [0.4, 0.5) is 4.39 Å². The van der Waals surface area contributed by atoms with E-state index >= 15 is 0 Å². The first-order chi connectivity index (χ1) is 17.3. The Morgan fingerprint density at radius 1 is 0.972 bits per heavy atom. The summed E-state index contributed by atoms with van der Waals surface area (Å²) in [6, 6.07) is 5.93. The molecule has 3 amide bonds. The molecule has 2 aromatic rings. The van der Waals surface area contributed by atoms with Crippen molar-refractivity contribution in [1.82, 2.24) is 25.3 Å². The van der Waals surface area contributed by atoms with Crippen LogP contribution in [-0.4, -0.2) is 63.8 Å². The van der Waals surface area contributed by atoms with Crippen molar-refractivity contribution in [3.63, 3.8) is 0 Å². The standard InChI is InChI=1S/C26H34FN5O4/c1-19(33)29-26(12-4-2-3-5-13-26)25-28-22(36-30-25)10-11-23(34)31-14-16-32(17-15-31)24(35)18-20-6-8-21(27)9-7-20/h6-9H,2-5,10-18H2,1H3,(H,29,33). The van der Waals surface area contributed by atoms with Crippen molar-refractivity contribution in [3.05, 3.63) is 47.4 Å². The summed E-state index contributed by atoms with van der Waals surface area (Å²) in [7, 11) is 0. The molecule has 194 valence electrons. The molecule has 10 heteroatoms. The van der Waals surface area contributed by atoms with E-state index < -0.39 is 5.54 Å². The van der Waals surface area contributed by atoms with Crippen molar-refractivity contribution in [3.8, 4) is 0 Å². The molecule has 1 N–H and O–H groups in total. The Morgan fingerprint density at radius 2 is 1.58 bits per heavy atom. The second-order valence-electron chi connectivity index (χ2n) is 9.75. The van der Waals surface area contributed by atoms with Gasteiger partial charge in [-0.3, -0.25) is 14.4 Å². The van der Waals surface area contributed by atoms with Crippen LogP contribution in [0.25, 0.3) is 0 Å². The highest BCUT2D eigenvalue weighted by Crippen LogP contribution is 2.34. The van der Waals surface area contributed by atoms with Gasteiger partial charge in [-0.05, 0) is 30.5 Å². The third kappa shape index (κ3) is 6.47. The average Bonchev–Trinajstić information content (AvgIpc) is 3.23. The van der Waals surface area contributed by atoms with Crippen LogP contribution in [0.2, 0.25) is 0 Å². The van der Waals surface area contributed by atoms with Crippen LogP contribution in [0.1, 0.15) is 69.1 Å². The lowest BCUT2D eigenvalue weighted by Gasteiger charge is -2.35. The molecule has 4 rings (SSSR count). The van der Waals surface area contributed by atoms with Gasteiger partial charge in [0.05, 0.1) is 6.42 Å². The van der Waals surface area contributed by atoms with Gasteiger partial charge in [-0.2, -0.15) is 4.98 Å². The molecule has 2 aliphatic rings. The van der Waals surface area contributed by atoms with Gasteiger partial charge in [0, 0.05) is 45.9 Å². The van der Waals surface area contributed by atoms with E-state index in [-0.39, 0.29) is 36.4 Å². The topological polar surface area (TPSA) is 109 Å². The predicted octanol–water partition coefficient (Wildman–Crippen LogP) is 2.74. The summed E-state index contributed by atoms with van der Waals surface area (Å²) in [6.07, 6.45) is 6.53. The Labute approximate surface area is 210 Å². The van der Waals surface area contributed by atoms with Crippen LogP contribution in [0.5, 0.6) is 0 Å². The van der Waals surface area contributed by atoms with Crippen molar-refractivity contribution >= 4 is 17.7 Å². The molecule has 0 bridgehead atoms. The number of nitrogens with zero attached hydrogens (tertiary/aromatic N) is 4. The number of rotatable bonds is 7. The fourth-order valence-corrected chi connectivity index (χ4v) is 5.09. The summed E-state index contributed by atoms with van der Waals surface area (Å²) in [5.41, 5.74) is 0.160. The molecular weight excluding hydrogens is 465 g/mol. The molecule has 0 spiro atoms. The zero-order valence-electron chi connectivity index (χ0n) is 20.8. The van der Waals surface area contributed by atoms with Crippen LogP contribution < -0.4 is 5.32 Å². The number of nitrogens with one attached hydrogen (secondary N) is 1. The molecule has 0 atom stereocenters. The molecule has 2 fully saturated rings. The molecule has 0 radical (unpaired) electrons. The van der Waals surface area contributed by atoms with Gasteiger partial charge < -0.3 is 19.6 Å². The Balaban J connectivity index is 1.26. The third-order valence-electron chi connectivity index (χ3n) is 7.07. The van der Waals surface area contributed by atoms with Crippen LogP contribution in [0, 0.1) is 5.82 Å². The maximum atomic E-state index is 13.1. The summed E-state index contributed by atoms with van der Waals surface area (Å²) >= 11 is 0. The van der Waals surface area contributed by atoms with Crippen LogP contribution in [0.3, 0.4) is 0 Å². The van der Waals surface area contributed by atoms with Crippen LogP contribution in [0.15, 0.2) is 28.8 Å². The number of halogens is 1. The largest absolute Gasteiger partial charge is 0.343 e. The maximum Gasteiger partial charge on any atom is 0.227 e. The van der Waals surface area contributed by atoms with Crippen molar-refractivity contribution in [1.29, 1.82) is 0 Å². The quantitative estimate of drug-likeness (QED) is 0.587. The molecule has 1 aromatic carbocycles. The molecule has 1 aromatic heterocycles. The second kappa shape index (κ2) is 11.6. The van der Waals surface area contributed by atoms with Crippen molar-refractivity contribution in [2.75, 3.05) is 26.2 Å². The van der Waals surface area contributed by atoms with Gasteiger partial charge in [-0.1, -0.05) is 43.0 Å². The number of piperazine rings is 1. The van der Waals surface area contributed by atoms with Crippen molar-refractivity contribution in [2.24, 2.45) is 0 Å². The Morgan fingerprint density at radius 3 is 2.19 bits per heavy atom. The molecule has 36 heavy (non-hydrogen) atoms. The van der Waals surface area contributed by atoms with Gasteiger partial charge in [0.1, 0.15) is 11.4 Å². The smallest absolute Gasteiger partial charge is 0.227 e. The van der Waals surface area contributed by atoms with E-state index in [2.05, 4.69) is 15.5 Å². The zero-order chi connectivity index (χ0) is 25.5. The first kappa shape index (κ1) is 25.8. The number of benzene rings is 1. The van der Waals surface area contributed by atoms with Gasteiger partial charge >= 0.3 is 0 Å². The Kier molecular flexibility index (Phi) is 8.32. The SMILES string of the molecule is CC(=O)NC1(c2noc(CCC(=O)N3CCN(C(=O)Cc4ccc(F)cc4)CC3)n2)CCCCCC1. The Bertz CT molecular complexity index is 1050. The van der Waals surface area contributed by atoms with E-state index in [4.69, 9.17) is 4.52 Å². The number of amides is 3. The molecule has 1 aliphatic heterocycles. The zero-order valence-corrected chi connectivity index (χ0v) is 20.8. The van der Waals surface area contributed by atoms with E-state index in [1.54, 1.807) is 21.9 Å². The lowest BCUT2D eigenvalue weighted by molar-refractivity contribution is -0.139. The monoisotopic (exact) mass is 499 g/mol. The number of aryl methyl sites for hydroxylation is 1. The normalized spacial score (nSPS) is 17.9. The molecule has 1 saturated carbocycles. The van der Waals surface area contributed by atoms with E-state index in [1.165, 1.54) is 19.1 Å². The minimum absolute atomic E-state index is 0.0218. The van der Waals surface area contributed by atoms with Gasteiger partial charge in [0.15, 0.2) is 5.82 Å². The lowest BCUT2D eigenvalue weighted by Crippen LogP contribution is -2.51. The summed E-state index contributed by atoms with van der Waals surface area (Å²) in [6.45, 7) is 3.37. The third-order valence-corrected chi connectivity index (χ3v) is 7.07. The first-order valence-corrected chi connectivity index (χ1v) is 12.8. The molecular formula is C26H34FN5O4. The van der Waals surface area contributed by atoms with Gasteiger partial charge in [0.25, 0.3) is 0 Å². The fraction of sp³-hybridized carbons (Fsp3) is 0.577. The van der Waals surface area contributed by atoms with E-state index in [9.17, 15) is 18.8 Å². The highest BCUT2D eigenvalue weighted by atomic mass is 19.1. The molecule has 0 unspecified atom stereocenters. The summed E-state index contributed by atoms with van der Waals surface area (Å²) in [5.74, 6) is 0.390. The molecule has 9 nitrogen and oxygen atoms in total. The van der Waals surface area contributed by atoms with Gasteiger partial charge in [-0.15, -0.1) is 0 Å². The summed E-state index contributed by atoms with van der Waals surface area (Å²) < 4.78 is 18.5. The van der Waals surface area contributed by atoms with Crippen molar-refractivity contribution in [2.45, 2.75) is 70.3 Å². The number of hydrogen-bond acceptors (Lipinski definition) is 6. The summed E-state index contributed by atoms with van der Waals surface area (Å²) in [4.78, 5) is 45.3. The van der Waals surface area contributed by atoms with Gasteiger partial charge in [0.2, 0.25) is 23.6 Å². The predicted molar refractivity (Wildman–Crippen MR) is 129 cm³/mol. The van der Waals surface area contributed by atoms with Gasteiger partial charge in [-0.25, -0.2) is 4.39 Å². The Hall–Kier alpha value is -3.30. The number of carbonyl (C=O) groups is 3. The number of carbonyl (C=O) groups excluding carboxylic acids is 3. The van der Waals surface area contributed by atoms with Crippen molar-refractivity contribution < 1.29 is 23.3 Å². The molecule has 1 saturated heterocycles. The molecule has 1 aliphatic carbocycles. The number of aromatic nitrogens is 2. The minimum Gasteiger partial charge on any atom is -0.343 e. The fourth-order valence-electron chi connectivity index (χ4n) is 5.09. The highest BCUT2D eigenvalue weighted by Gasteiger charge is 2.38. The average molecular weight is 500 g/mol. The summed E-state index contributed by atoms with van der Waals surface area (Å²) in [5, 5.41) is 7.24. The number of hydrogen-bond donors (Lipinski definition) is 1. The minimum atomic E-state index is -0.606. The van der Waals surface area contributed by atoms with E-state index in [1.807, 2.05) is 0 Å². The van der Waals surface area contributed by atoms with Crippen LogP contribution >= 0.6 is 0 Å². The second-order valence-corrected chi connectivity index (χ2v) is 9.75. The first-order valence-electron chi connectivity index (χ1n) is 12.8. The van der Waals surface area contributed by atoms with E-state index in [0.717, 1.165) is 44.1 Å². The van der Waals surface area contributed by atoms with E-state index in [0.29, 0.717) is 44.3 Å². The maximum absolute atomic E-state index is 13.1.